The molecule has 3 rings (SSSR count). The van der Waals surface area contributed by atoms with Crippen LogP contribution in [0, 0.1) is 6.92 Å². The van der Waals surface area contributed by atoms with Gasteiger partial charge in [0.15, 0.2) is 0 Å². The van der Waals surface area contributed by atoms with E-state index in [-0.39, 0.29) is 0 Å². The third-order valence-electron chi connectivity index (χ3n) is 3.39. The molecule has 1 saturated carbocycles. The van der Waals surface area contributed by atoms with Crippen LogP contribution < -0.4 is 5.73 Å². The number of nitrogens with zero attached hydrogens (tertiary/aromatic N) is 3. The molecule has 2 N–H and O–H groups in total. The van der Waals surface area contributed by atoms with Crippen molar-refractivity contribution in [2.24, 2.45) is 5.73 Å². The minimum Gasteiger partial charge on any atom is -0.328 e. The maximum Gasteiger partial charge on any atom is 0.132 e. The van der Waals surface area contributed by atoms with Gasteiger partial charge in [0.2, 0.25) is 0 Å². The minimum atomic E-state index is 0.323. The van der Waals surface area contributed by atoms with E-state index in [0.29, 0.717) is 12.0 Å². The van der Waals surface area contributed by atoms with E-state index >= 15 is 0 Å². The van der Waals surface area contributed by atoms with Crippen molar-refractivity contribution in [3.8, 4) is 11.3 Å². The summed E-state index contributed by atoms with van der Waals surface area (Å²) >= 11 is 0. The number of aromatic nitrogens is 3. The van der Waals surface area contributed by atoms with E-state index in [1.807, 2.05) is 25.1 Å². The highest BCUT2D eigenvalue weighted by atomic mass is 14.9. The Kier molecular flexibility index (Phi) is 2.80. The second-order valence-corrected chi connectivity index (χ2v) is 4.92. The van der Waals surface area contributed by atoms with E-state index in [1.54, 1.807) is 12.4 Å². The number of hydrogen-bond donors (Lipinski definition) is 1. The number of nitrogens with two attached hydrogens (primary N) is 1. The van der Waals surface area contributed by atoms with Crippen molar-refractivity contribution >= 4 is 0 Å². The Morgan fingerprint density at radius 1 is 1.17 bits per heavy atom. The summed E-state index contributed by atoms with van der Waals surface area (Å²) in [6.45, 7) is 2.01. The summed E-state index contributed by atoms with van der Waals surface area (Å²) in [6.07, 6.45) is 5.57. The molecule has 0 unspecified atom stereocenters. The molecule has 0 amide bonds. The number of hydrogen-bond acceptors (Lipinski definition) is 4. The monoisotopic (exact) mass is 240 g/mol. The Morgan fingerprint density at radius 3 is 2.56 bits per heavy atom. The van der Waals surface area contributed by atoms with Crippen LogP contribution in [-0.2, 0) is 0 Å². The van der Waals surface area contributed by atoms with Crippen LogP contribution in [0.4, 0.5) is 0 Å². The first-order valence-electron chi connectivity index (χ1n) is 6.24. The van der Waals surface area contributed by atoms with E-state index in [9.17, 15) is 0 Å². The molecule has 2 aromatic rings. The fourth-order valence-electron chi connectivity index (χ4n) is 2.32. The summed E-state index contributed by atoms with van der Waals surface area (Å²) in [5, 5.41) is 0. The van der Waals surface area contributed by atoms with Gasteiger partial charge in [0.1, 0.15) is 5.82 Å². The van der Waals surface area contributed by atoms with Crippen LogP contribution in [-0.4, -0.2) is 21.0 Å². The first kappa shape index (κ1) is 11.3. The second-order valence-electron chi connectivity index (χ2n) is 4.92. The van der Waals surface area contributed by atoms with Gasteiger partial charge in [-0.05, 0) is 38.0 Å². The lowest BCUT2D eigenvalue weighted by Gasteiger charge is -2.31. The second kappa shape index (κ2) is 4.46. The predicted molar refractivity (Wildman–Crippen MR) is 70.0 cm³/mol. The van der Waals surface area contributed by atoms with Crippen molar-refractivity contribution in [3.05, 3.63) is 42.1 Å². The van der Waals surface area contributed by atoms with Crippen molar-refractivity contribution < 1.29 is 0 Å². The molecular weight excluding hydrogens is 224 g/mol. The zero-order valence-electron chi connectivity index (χ0n) is 10.4. The fraction of sp³-hybridized carbons (Fsp3) is 0.357. The van der Waals surface area contributed by atoms with Crippen molar-refractivity contribution in [3.63, 3.8) is 0 Å². The van der Waals surface area contributed by atoms with Gasteiger partial charge in [-0.25, -0.2) is 9.97 Å². The van der Waals surface area contributed by atoms with Gasteiger partial charge in [0.05, 0.1) is 5.69 Å². The standard InChI is InChI=1S/C14H16N4/c1-9-6-13(10-2-4-16-5-3-10)18-14(17-9)11-7-12(15)8-11/h2-6,11-12H,7-8,15H2,1H3. The topological polar surface area (TPSA) is 64.7 Å². The summed E-state index contributed by atoms with van der Waals surface area (Å²) < 4.78 is 0. The van der Waals surface area contributed by atoms with E-state index in [4.69, 9.17) is 5.73 Å². The van der Waals surface area contributed by atoms with Crippen LogP contribution in [0.25, 0.3) is 11.3 Å². The van der Waals surface area contributed by atoms with E-state index < -0.39 is 0 Å². The Morgan fingerprint density at radius 2 is 1.89 bits per heavy atom. The van der Waals surface area contributed by atoms with Crippen molar-refractivity contribution in [2.75, 3.05) is 0 Å². The van der Waals surface area contributed by atoms with Gasteiger partial charge < -0.3 is 5.73 Å². The molecule has 92 valence electrons. The van der Waals surface area contributed by atoms with Gasteiger partial charge in [-0.2, -0.15) is 0 Å². The van der Waals surface area contributed by atoms with Gasteiger partial charge in [0, 0.05) is 35.6 Å². The van der Waals surface area contributed by atoms with Crippen LogP contribution in [0.5, 0.6) is 0 Å². The lowest BCUT2D eigenvalue weighted by molar-refractivity contribution is 0.338. The summed E-state index contributed by atoms with van der Waals surface area (Å²) in [7, 11) is 0. The Bertz CT molecular complexity index is 547. The Balaban J connectivity index is 1.96. The van der Waals surface area contributed by atoms with Gasteiger partial charge in [-0.3, -0.25) is 4.98 Å². The van der Waals surface area contributed by atoms with Crippen LogP contribution >= 0.6 is 0 Å². The quantitative estimate of drug-likeness (QED) is 0.872. The third kappa shape index (κ3) is 2.11. The highest BCUT2D eigenvalue weighted by Crippen LogP contribution is 2.34. The van der Waals surface area contributed by atoms with E-state index in [1.165, 1.54) is 0 Å². The summed E-state index contributed by atoms with van der Waals surface area (Å²) in [4.78, 5) is 13.2. The average Bonchev–Trinajstić information content (AvgIpc) is 2.35. The molecular formula is C14H16N4. The number of pyridine rings is 1. The SMILES string of the molecule is Cc1cc(-c2ccncc2)nc(C2CC(N)C2)n1. The van der Waals surface area contributed by atoms with E-state index in [0.717, 1.165) is 35.6 Å². The molecule has 1 aliphatic rings. The summed E-state index contributed by atoms with van der Waals surface area (Å²) in [6, 6.07) is 6.27. The molecule has 2 heterocycles. The van der Waals surface area contributed by atoms with Crippen LogP contribution in [0.15, 0.2) is 30.6 Å². The highest BCUT2D eigenvalue weighted by molar-refractivity contribution is 5.58. The van der Waals surface area contributed by atoms with Gasteiger partial charge in [-0.1, -0.05) is 0 Å². The molecule has 0 bridgehead atoms. The maximum absolute atomic E-state index is 5.83. The first-order chi connectivity index (χ1) is 8.72. The molecule has 0 atom stereocenters. The molecule has 1 fully saturated rings. The molecule has 4 heteroatoms. The normalized spacial score (nSPS) is 22.6. The molecule has 0 aliphatic heterocycles. The third-order valence-corrected chi connectivity index (χ3v) is 3.39. The largest absolute Gasteiger partial charge is 0.328 e. The van der Waals surface area contributed by atoms with Gasteiger partial charge >= 0.3 is 0 Å². The van der Waals surface area contributed by atoms with Crippen LogP contribution in [0.3, 0.4) is 0 Å². The van der Waals surface area contributed by atoms with Gasteiger partial charge in [0.25, 0.3) is 0 Å². The minimum absolute atomic E-state index is 0.323. The molecule has 18 heavy (non-hydrogen) atoms. The van der Waals surface area contributed by atoms with Crippen molar-refractivity contribution in [1.82, 2.24) is 15.0 Å². The van der Waals surface area contributed by atoms with Crippen LogP contribution in [0.1, 0.15) is 30.3 Å². The summed E-state index contributed by atoms with van der Waals surface area (Å²) in [5.74, 6) is 1.36. The fourth-order valence-corrected chi connectivity index (χ4v) is 2.32. The van der Waals surface area contributed by atoms with Crippen molar-refractivity contribution in [2.45, 2.75) is 31.7 Å². The lowest BCUT2D eigenvalue weighted by atomic mass is 9.80. The highest BCUT2D eigenvalue weighted by Gasteiger charge is 2.29. The average molecular weight is 240 g/mol. The zero-order valence-corrected chi connectivity index (χ0v) is 10.4. The molecule has 0 aromatic carbocycles. The summed E-state index contributed by atoms with van der Waals surface area (Å²) in [5.41, 5.74) is 8.89. The molecule has 0 spiro atoms. The number of rotatable bonds is 2. The lowest BCUT2D eigenvalue weighted by Crippen LogP contribution is -2.35. The smallest absolute Gasteiger partial charge is 0.132 e. The number of aryl methyl sites for hydroxylation is 1. The molecule has 0 saturated heterocycles. The molecule has 1 aliphatic carbocycles. The molecule has 4 nitrogen and oxygen atoms in total. The maximum atomic E-state index is 5.83. The van der Waals surface area contributed by atoms with E-state index in [2.05, 4.69) is 15.0 Å². The zero-order chi connectivity index (χ0) is 12.5. The van der Waals surface area contributed by atoms with Crippen molar-refractivity contribution in [1.29, 1.82) is 0 Å². The molecule has 0 radical (unpaired) electrons. The Labute approximate surface area is 106 Å². The predicted octanol–water partition coefficient (Wildman–Crippen LogP) is 2.05. The Hall–Kier alpha value is -1.81. The molecule has 2 aromatic heterocycles. The van der Waals surface area contributed by atoms with Crippen LogP contribution in [0.2, 0.25) is 0 Å². The first-order valence-corrected chi connectivity index (χ1v) is 6.24. The van der Waals surface area contributed by atoms with Gasteiger partial charge in [-0.15, -0.1) is 0 Å².